The lowest BCUT2D eigenvalue weighted by atomic mass is 10.2. The number of carbonyl (C=O) groups is 1. The number of anilines is 1. The lowest BCUT2D eigenvalue weighted by Gasteiger charge is -2.09. The standard InChI is InChI=1S/C16H15FN2O2/c1-21-15-8-3-2-7-14(15)19-16(20)18-10-9-12-5-4-6-13(17)11-12/h2-11H,1H3,(H2,18,19,20)/b10-9+. The Hall–Kier alpha value is -2.82. The van der Waals surface area contributed by atoms with E-state index in [1.807, 2.05) is 6.07 Å². The van der Waals surface area contributed by atoms with Crippen molar-refractivity contribution >= 4 is 17.8 Å². The van der Waals surface area contributed by atoms with Crippen molar-refractivity contribution in [3.05, 3.63) is 66.1 Å². The maximum atomic E-state index is 13.0. The predicted molar refractivity (Wildman–Crippen MR) is 80.6 cm³/mol. The van der Waals surface area contributed by atoms with Gasteiger partial charge in [-0.25, -0.2) is 9.18 Å². The second-order valence-corrected chi connectivity index (χ2v) is 4.19. The van der Waals surface area contributed by atoms with E-state index in [2.05, 4.69) is 10.6 Å². The highest BCUT2D eigenvalue weighted by Crippen LogP contribution is 2.22. The number of nitrogens with one attached hydrogen (secondary N) is 2. The van der Waals surface area contributed by atoms with E-state index in [0.717, 1.165) is 0 Å². The average Bonchev–Trinajstić information content (AvgIpc) is 2.48. The first-order chi connectivity index (χ1) is 10.2. The Morgan fingerprint density at radius 2 is 2.00 bits per heavy atom. The van der Waals surface area contributed by atoms with E-state index in [1.54, 1.807) is 36.4 Å². The van der Waals surface area contributed by atoms with Crippen molar-refractivity contribution in [1.82, 2.24) is 5.32 Å². The molecule has 108 valence electrons. The fourth-order valence-corrected chi connectivity index (χ4v) is 1.73. The Balaban J connectivity index is 1.93. The predicted octanol–water partition coefficient (Wildman–Crippen LogP) is 3.63. The quantitative estimate of drug-likeness (QED) is 0.901. The first-order valence-corrected chi connectivity index (χ1v) is 6.31. The molecule has 0 radical (unpaired) electrons. The highest BCUT2D eigenvalue weighted by atomic mass is 19.1. The van der Waals surface area contributed by atoms with Crippen LogP contribution >= 0.6 is 0 Å². The molecule has 2 aromatic carbocycles. The second kappa shape index (κ2) is 7.09. The summed E-state index contributed by atoms with van der Waals surface area (Å²) in [5, 5.41) is 5.20. The van der Waals surface area contributed by atoms with Gasteiger partial charge in [0.05, 0.1) is 12.8 Å². The maximum absolute atomic E-state index is 13.0. The smallest absolute Gasteiger partial charge is 0.323 e. The van der Waals surface area contributed by atoms with Crippen LogP contribution in [0.25, 0.3) is 6.08 Å². The number of para-hydroxylation sites is 2. The zero-order valence-corrected chi connectivity index (χ0v) is 11.5. The summed E-state index contributed by atoms with van der Waals surface area (Å²) < 4.78 is 18.1. The summed E-state index contributed by atoms with van der Waals surface area (Å²) in [5.41, 5.74) is 1.23. The molecule has 0 bridgehead atoms. The molecule has 0 spiro atoms. The van der Waals surface area contributed by atoms with Crippen molar-refractivity contribution in [2.75, 3.05) is 12.4 Å². The van der Waals surface area contributed by atoms with Crippen LogP contribution in [0.1, 0.15) is 5.56 Å². The number of carbonyl (C=O) groups excluding carboxylic acids is 1. The molecule has 5 heteroatoms. The Labute approximate surface area is 122 Å². The van der Waals surface area contributed by atoms with Crippen LogP contribution in [0.3, 0.4) is 0 Å². The van der Waals surface area contributed by atoms with Gasteiger partial charge in [0.1, 0.15) is 11.6 Å². The van der Waals surface area contributed by atoms with Crippen LogP contribution < -0.4 is 15.4 Å². The molecule has 0 fully saturated rings. The van der Waals surface area contributed by atoms with E-state index < -0.39 is 6.03 Å². The number of hydrogen-bond acceptors (Lipinski definition) is 2. The average molecular weight is 286 g/mol. The first kappa shape index (κ1) is 14.6. The van der Waals surface area contributed by atoms with Crippen LogP contribution in [0.2, 0.25) is 0 Å². The molecule has 2 N–H and O–H groups in total. The molecule has 21 heavy (non-hydrogen) atoms. The zero-order chi connectivity index (χ0) is 15.1. The Morgan fingerprint density at radius 3 is 2.76 bits per heavy atom. The molecule has 0 saturated heterocycles. The summed E-state index contributed by atoms with van der Waals surface area (Å²) in [6, 6.07) is 12.7. The molecular formula is C16H15FN2O2. The van der Waals surface area contributed by atoms with Gasteiger partial charge in [0, 0.05) is 6.20 Å². The van der Waals surface area contributed by atoms with E-state index in [9.17, 15) is 9.18 Å². The zero-order valence-electron chi connectivity index (χ0n) is 11.5. The third kappa shape index (κ3) is 4.35. The molecule has 0 aromatic heterocycles. The third-order valence-corrected chi connectivity index (χ3v) is 2.69. The van der Waals surface area contributed by atoms with Crippen molar-refractivity contribution in [3.8, 4) is 5.75 Å². The lowest BCUT2D eigenvalue weighted by molar-refractivity contribution is 0.255. The van der Waals surface area contributed by atoms with Gasteiger partial charge in [-0.15, -0.1) is 0 Å². The van der Waals surface area contributed by atoms with Gasteiger partial charge in [-0.1, -0.05) is 24.3 Å². The van der Waals surface area contributed by atoms with E-state index in [4.69, 9.17) is 4.74 Å². The number of hydrogen-bond donors (Lipinski definition) is 2. The highest BCUT2D eigenvalue weighted by Gasteiger charge is 2.04. The molecule has 0 saturated carbocycles. The van der Waals surface area contributed by atoms with E-state index >= 15 is 0 Å². The molecule has 2 aromatic rings. The van der Waals surface area contributed by atoms with Gasteiger partial charge < -0.3 is 15.4 Å². The van der Waals surface area contributed by atoms with E-state index in [0.29, 0.717) is 17.0 Å². The number of benzene rings is 2. The highest BCUT2D eigenvalue weighted by molar-refractivity contribution is 5.91. The van der Waals surface area contributed by atoms with E-state index in [1.165, 1.54) is 25.4 Å². The summed E-state index contributed by atoms with van der Waals surface area (Å²) in [5.74, 6) is 0.248. The first-order valence-electron chi connectivity index (χ1n) is 6.31. The van der Waals surface area contributed by atoms with Gasteiger partial charge in [-0.3, -0.25) is 0 Å². The lowest BCUT2D eigenvalue weighted by Crippen LogP contribution is -2.23. The molecule has 0 aliphatic rings. The molecule has 0 aliphatic carbocycles. The van der Waals surface area contributed by atoms with Crippen molar-refractivity contribution in [2.24, 2.45) is 0 Å². The third-order valence-electron chi connectivity index (χ3n) is 2.69. The van der Waals surface area contributed by atoms with Crippen molar-refractivity contribution in [2.45, 2.75) is 0 Å². The van der Waals surface area contributed by atoms with Gasteiger partial charge in [-0.05, 0) is 35.9 Å². The van der Waals surface area contributed by atoms with Crippen LogP contribution in [0, 0.1) is 5.82 Å². The van der Waals surface area contributed by atoms with Crippen LogP contribution in [-0.4, -0.2) is 13.1 Å². The number of urea groups is 1. The van der Waals surface area contributed by atoms with Crippen LogP contribution in [0.15, 0.2) is 54.7 Å². The Kier molecular flexibility index (Phi) is 4.93. The molecule has 4 nitrogen and oxygen atoms in total. The number of methoxy groups -OCH3 is 1. The minimum Gasteiger partial charge on any atom is -0.495 e. The molecule has 0 unspecified atom stereocenters. The topological polar surface area (TPSA) is 50.4 Å². The molecular weight excluding hydrogens is 271 g/mol. The number of ether oxygens (including phenoxy) is 1. The molecule has 2 amide bonds. The fraction of sp³-hybridized carbons (Fsp3) is 0.0625. The van der Waals surface area contributed by atoms with Crippen LogP contribution in [-0.2, 0) is 0 Å². The van der Waals surface area contributed by atoms with Crippen molar-refractivity contribution in [3.63, 3.8) is 0 Å². The Bertz CT molecular complexity index is 656. The monoisotopic (exact) mass is 286 g/mol. The van der Waals surface area contributed by atoms with Gasteiger partial charge in [0.25, 0.3) is 0 Å². The van der Waals surface area contributed by atoms with Gasteiger partial charge in [0.2, 0.25) is 0 Å². The van der Waals surface area contributed by atoms with Gasteiger partial charge >= 0.3 is 6.03 Å². The molecule has 2 rings (SSSR count). The van der Waals surface area contributed by atoms with E-state index in [-0.39, 0.29) is 5.82 Å². The summed E-state index contributed by atoms with van der Waals surface area (Å²) in [6.07, 6.45) is 3.05. The fourth-order valence-electron chi connectivity index (χ4n) is 1.73. The van der Waals surface area contributed by atoms with Crippen LogP contribution in [0.5, 0.6) is 5.75 Å². The molecule has 0 aliphatic heterocycles. The normalized spacial score (nSPS) is 10.4. The summed E-state index contributed by atoms with van der Waals surface area (Å²) in [7, 11) is 1.53. The van der Waals surface area contributed by atoms with Gasteiger partial charge in [0.15, 0.2) is 0 Å². The minimum absolute atomic E-state index is 0.323. The van der Waals surface area contributed by atoms with Crippen LogP contribution in [0.4, 0.5) is 14.9 Å². The SMILES string of the molecule is COc1ccccc1NC(=O)N/C=C/c1cccc(F)c1. The van der Waals surface area contributed by atoms with Crippen molar-refractivity contribution < 1.29 is 13.9 Å². The Morgan fingerprint density at radius 1 is 1.19 bits per heavy atom. The number of rotatable bonds is 4. The summed E-state index contributed by atoms with van der Waals surface area (Å²) in [6.45, 7) is 0. The van der Waals surface area contributed by atoms with Gasteiger partial charge in [-0.2, -0.15) is 0 Å². The summed E-state index contributed by atoms with van der Waals surface area (Å²) in [4.78, 5) is 11.7. The second-order valence-electron chi connectivity index (χ2n) is 4.19. The molecule has 0 heterocycles. The summed E-state index contributed by atoms with van der Waals surface area (Å²) >= 11 is 0. The largest absolute Gasteiger partial charge is 0.495 e. The number of amides is 2. The molecule has 0 atom stereocenters. The number of halogens is 1. The minimum atomic E-state index is -0.410. The van der Waals surface area contributed by atoms with Crippen molar-refractivity contribution in [1.29, 1.82) is 0 Å². The maximum Gasteiger partial charge on any atom is 0.323 e.